The molecular formula is C13H16N2O2. The summed E-state index contributed by atoms with van der Waals surface area (Å²) in [7, 11) is 1.60. The number of morpholine rings is 1. The highest BCUT2D eigenvalue weighted by molar-refractivity contribution is 5.60. The van der Waals surface area contributed by atoms with Gasteiger partial charge in [-0.3, -0.25) is 0 Å². The van der Waals surface area contributed by atoms with Crippen molar-refractivity contribution in [2.75, 3.05) is 38.3 Å². The second kappa shape index (κ2) is 5.07. The van der Waals surface area contributed by atoms with E-state index in [1.165, 1.54) is 0 Å². The predicted molar refractivity (Wildman–Crippen MR) is 65.5 cm³/mol. The molecule has 1 aliphatic heterocycles. The minimum absolute atomic E-state index is 0.615. The van der Waals surface area contributed by atoms with Crippen LogP contribution in [0, 0.1) is 18.3 Å². The third-order valence-electron chi connectivity index (χ3n) is 2.99. The Hall–Kier alpha value is -1.73. The number of aryl methyl sites for hydroxylation is 1. The smallest absolute Gasteiger partial charge is 0.138 e. The SMILES string of the molecule is COc1cc(N2CCOCC2)cc(C)c1C#N. The lowest BCUT2D eigenvalue weighted by molar-refractivity contribution is 0.122. The molecule has 2 rings (SSSR count). The molecule has 1 aromatic carbocycles. The normalized spacial score (nSPS) is 15.5. The lowest BCUT2D eigenvalue weighted by Crippen LogP contribution is -2.36. The molecule has 1 aliphatic rings. The molecule has 17 heavy (non-hydrogen) atoms. The van der Waals surface area contributed by atoms with Gasteiger partial charge in [-0.1, -0.05) is 0 Å². The zero-order valence-electron chi connectivity index (χ0n) is 10.2. The maximum atomic E-state index is 9.07. The van der Waals surface area contributed by atoms with Crippen LogP contribution in [0.15, 0.2) is 12.1 Å². The van der Waals surface area contributed by atoms with Gasteiger partial charge in [0.2, 0.25) is 0 Å². The van der Waals surface area contributed by atoms with Crippen molar-refractivity contribution in [1.29, 1.82) is 5.26 Å². The van der Waals surface area contributed by atoms with Crippen LogP contribution < -0.4 is 9.64 Å². The summed E-state index contributed by atoms with van der Waals surface area (Å²) in [5, 5.41) is 9.07. The fourth-order valence-electron chi connectivity index (χ4n) is 2.04. The van der Waals surface area contributed by atoms with E-state index in [4.69, 9.17) is 14.7 Å². The minimum atomic E-state index is 0.615. The van der Waals surface area contributed by atoms with Crippen molar-refractivity contribution in [1.82, 2.24) is 0 Å². The van der Waals surface area contributed by atoms with Crippen molar-refractivity contribution in [2.24, 2.45) is 0 Å². The van der Waals surface area contributed by atoms with Gasteiger partial charge in [-0.05, 0) is 18.6 Å². The summed E-state index contributed by atoms with van der Waals surface area (Å²) in [5.74, 6) is 0.647. The molecule has 4 heteroatoms. The minimum Gasteiger partial charge on any atom is -0.495 e. The van der Waals surface area contributed by atoms with Crippen LogP contribution in [0.25, 0.3) is 0 Å². The van der Waals surface area contributed by atoms with Crippen LogP contribution in [0.2, 0.25) is 0 Å². The summed E-state index contributed by atoms with van der Waals surface area (Å²) in [6.07, 6.45) is 0. The van der Waals surface area contributed by atoms with Crippen LogP contribution in [0.4, 0.5) is 5.69 Å². The Labute approximate surface area is 101 Å². The van der Waals surface area contributed by atoms with Crippen LogP contribution in [-0.2, 0) is 4.74 Å². The molecule has 0 amide bonds. The average Bonchev–Trinajstić information content (AvgIpc) is 2.38. The molecule has 1 fully saturated rings. The molecule has 1 aromatic rings. The Kier molecular flexibility index (Phi) is 3.50. The average molecular weight is 232 g/mol. The zero-order valence-corrected chi connectivity index (χ0v) is 10.2. The topological polar surface area (TPSA) is 45.5 Å². The first kappa shape index (κ1) is 11.7. The van der Waals surface area contributed by atoms with Gasteiger partial charge in [-0.2, -0.15) is 5.26 Å². The van der Waals surface area contributed by atoms with Crippen molar-refractivity contribution < 1.29 is 9.47 Å². The number of hydrogen-bond acceptors (Lipinski definition) is 4. The first-order valence-electron chi connectivity index (χ1n) is 5.67. The molecule has 0 spiro atoms. The molecule has 1 saturated heterocycles. The second-order valence-electron chi connectivity index (χ2n) is 4.05. The van der Waals surface area contributed by atoms with E-state index in [1.54, 1.807) is 7.11 Å². The molecule has 4 nitrogen and oxygen atoms in total. The van der Waals surface area contributed by atoms with E-state index in [-0.39, 0.29) is 0 Å². The first-order valence-corrected chi connectivity index (χ1v) is 5.67. The Morgan fingerprint density at radius 3 is 2.65 bits per heavy atom. The largest absolute Gasteiger partial charge is 0.495 e. The standard InChI is InChI=1S/C13H16N2O2/c1-10-7-11(15-3-5-17-6-4-15)8-13(16-2)12(10)9-14/h7-8H,3-6H2,1-2H3. The maximum Gasteiger partial charge on any atom is 0.138 e. The van der Waals surface area contributed by atoms with Gasteiger partial charge in [-0.15, -0.1) is 0 Å². The molecule has 1 heterocycles. The number of nitriles is 1. The third kappa shape index (κ3) is 2.34. The first-order chi connectivity index (χ1) is 8.26. The molecule has 0 aromatic heterocycles. The van der Waals surface area contributed by atoms with Gasteiger partial charge in [0.15, 0.2) is 0 Å². The third-order valence-corrected chi connectivity index (χ3v) is 2.99. The Balaban J connectivity index is 2.35. The van der Waals surface area contributed by atoms with Gasteiger partial charge in [0.05, 0.1) is 25.9 Å². The van der Waals surface area contributed by atoms with Crippen LogP contribution in [-0.4, -0.2) is 33.4 Å². The van der Waals surface area contributed by atoms with E-state index in [9.17, 15) is 0 Å². The van der Waals surface area contributed by atoms with Crippen LogP contribution in [0.1, 0.15) is 11.1 Å². The highest BCUT2D eigenvalue weighted by Gasteiger charge is 2.15. The summed E-state index contributed by atoms with van der Waals surface area (Å²) < 4.78 is 10.6. The van der Waals surface area contributed by atoms with Gasteiger partial charge >= 0.3 is 0 Å². The lowest BCUT2D eigenvalue weighted by Gasteiger charge is -2.29. The number of benzene rings is 1. The highest BCUT2D eigenvalue weighted by Crippen LogP contribution is 2.28. The van der Waals surface area contributed by atoms with E-state index >= 15 is 0 Å². The molecule has 0 unspecified atom stereocenters. The van der Waals surface area contributed by atoms with Crippen molar-refractivity contribution in [2.45, 2.75) is 6.92 Å². The van der Waals surface area contributed by atoms with E-state index in [2.05, 4.69) is 11.0 Å². The number of ether oxygens (including phenoxy) is 2. The van der Waals surface area contributed by atoms with Gasteiger partial charge in [0, 0.05) is 24.8 Å². The molecular weight excluding hydrogens is 216 g/mol. The second-order valence-corrected chi connectivity index (χ2v) is 4.05. The van der Waals surface area contributed by atoms with Crippen LogP contribution >= 0.6 is 0 Å². The fourth-order valence-corrected chi connectivity index (χ4v) is 2.04. The van der Waals surface area contributed by atoms with E-state index in [0.717, 1.165) is 37.6 Å². The molecule has 0 aliphatic carbocycles. The number of methoxy groups -OCH3 is 1. The van der Waals surface area contributed by atoms with Gasteiger partial charge in [0.25, 0.3) is 0 Å². The van der Waals surface area contributed by atoms with Crippen molar-refractivity contribution in [3.05, 3.63) is 23.3 Å². The Bertz CT molecular complexity index is 445. The summed E-state index contributed by atoms with van der Waals surface area (Å²) in [5.41, 5.74) is 2.67. The monoisotopic (exact) mass is 232 g/mol. The van der Waals surface area contributed by atoms with Crippen molar-refractivity contribution >= 4 is 5.69 Å². The van der Waals surface area contributed by atoms with Crippen LogP contribution in [0.5, 0.6) is 5.75 Å². The molecule has 0 bridgehead atoms. The Morgan fingerprint density at radius 2 is 2.06 bits per heavy atom. The Morgan fingerprint density at radius 1 is 1.35 bits per heavy atom. The molecule has 0 saturated carbocycles. The van der Waals surface area contributed by atoms with Gasteiger partial charge in [-0.25, -0.2) is 0 Å². The van der Waals surface area contributed by atoms with Crippen molar-refractivity contribution in [3.63, 3.8) is 0 Å². The molecule has 0 N–H and O–H groups in total. The predicted octanol–water partition coefficient (Wildman–Crippen LogP) is 1.71. The summed E-state index contributed by atoms with van der Waals surface area (Å²) >= 11 is 0. The van der Waals surface area contributed by atoms with E-state index in [1.807, 2.05) is 19.1 Å². The summed E-state index contributed by atoms with van der Waals surface area (Å²) in [6.45, 7) is 5.21. The van der Waals surface area contributed by atoms with E-state index in [0.29, 0.717) is 11.3 Å². The van der Waals surface area contributed by atoms with Gasteiger partial charge < -0.3 is 14.4 Å². The number of anilines is 1. The summed E-state index contributed by atoms with van der Waals surface area (Å²) in [6, 6.07) is 6.14. The van der Waals surface area contributed by atoms with Crippen LogP contribution in [0.3, 0.4) is 0 Å². The maximum absolute atomic E-state index is 9.07. The fraction of sp³-hybridized carbons (Fsp3) is 0.462. The molecule has 0 radical (unpaired) electrons. The highest BCUT2D eigenvalue weighted by atomic mass is 16.5. The van der Waals surface area contributed by atoms with E-state index < -0.39 is 0 Å². The summed E-state index contributed by atoms with van der Waals surface area (Å²) in [4.78, 5) is 2.25. The quantitative estimate of drug-likeness (QED) is 0.778. The van der Waals surface area contributed by atoms with Crippen molar-refractivity contribution in [3.8, 4) is 11.8 Å². The zero-order chi connectivity index (χ0) is 12.3. The molecule has 0 atom stereocenters. The molecule has 90 valence electrons. The lowest BCUT2D eigenvalue weighted by atomic mass is 10.1. The van der Waals surface area contributed by atoms with Gasteiger partial charge in [0.1, 0.15) is 11.8 Å². The number of rotatable bonds is 2. The number of nitrogens with zero attached hydrogens (tertiary/aromatic N) is 2. The number of hydrogen-bond donors (Lipinski definition) is 0.